The Bertz CT molecular complexity index is 677. The first-order valence-electron chi connectivity index (χ1n) is 12.4. The van der Waals surface area contributed by atoms with Crippen LogP contribution in [-0.4, -0.2) is 62.9 Å². The number of ether oxygens (including phenoxy) is 2. The van der Waals surface area contributed by atoms with Crippen molar-refractivity contribution in [2.45, 2.75) is 71.4 Å². The molecular formula is C26H47N5O3. The van der Waals surface area contributed by atoms with Gasteiger partial charge in [0.25, 0.3) is 0 Å². The average molecular weight is 478 g/mol. The van der Waals surface area contributed by atoms with Crippen LogP contribution < -0.4 is 16.4 Å². The first kappa shape index (κ1) is 30.2. The first-order valence-corrected chi connectivity index (χ1v) is 12.4. The van der Waals surface area contributed by atoms with Crippen molar-refractivity contribution in [2.24, 2.45) is 28.5 Å². The van der Waals surface area contributed by atoms with Gasteiger partial charge in [-0.2, -0.15) is 0 Å². The molecule has 3 unspecified atom stereocenters. The summed E-state index contributed by atoms with van der Waals surface area (Å²) < 4.78 is 11.7. The van der Waals surface area contributed by atoms with Crippen LogP contribution in [0.5, 0.6) is 0 Å². The number of aliphatic hydroxyl groups excluding tert-OH is 1. The van der Waals surface area contributed by atoms with Gasteiger partial charge < -0.3 is 31.0 Å². The molecule has 194 valence electrons. The lowest BCUT2D eigenvalue weighted by molar-refractivity contribution is 0.0486. The number of aliphatic hydroxyl groups is 1. The summed E-state index contributed by atoms with van der Waals surface area (Å²) in [6.45, 7) is 11.3. The fraction of sp³-hybridized carbons (Fsp3) is 0.692. The van der Waals surface area contributed by atoms with Gasteiger partial charge >= 0.3 is 0 Å². The minimum Gasteiger partial charge on any atom is -0.379 e. The maximum atomic E-state index is 9.46. The third-order valence-corrected chi connectivity index (χ3v) is 6.21. The molecule has 0 saturated heterocycles. The Morgan fingerprint density at radius 2 is 2.12 bits per heavy atom. The zero-order valence-electron chi connectivity index (χ0n) is 21.5. The van der Waals surface area contributed by atoms with Crippen molar-refractivity contribution in [1.82, 2.24) is 10.6 Å². The second kappa shape index (κ2) is 17.6. The first-order chi connectivity index (χ1) is 16.4. The Morgan fingerprint density at radius 1 is 1.35 bits per heavy atom. The van der Waals surface area contributed by atoms with Gasteiger partial charge in [0.15, 0.2) is 0 Å². The third kappa shape index (κ3) is 11.5. The Labute approximate surface area is 206 Å². The van der Waals surface area contributed by atoms with Gasteiger partial charge in [0.2, 0.25) is 0 Å². The van der Waals surface area contributed by atoms with Gasteiger partial charge in [-0.1, -0.05) is 17.7 Å². The summed E-state index contributed by atoms with van der Waals surface area (Å²) in [5.74, 6) is 1.74. The molecule has 0 aromatic rings. The Morgan fingerprint density at radius 3 is 2.68 bits per heavy atom. The van der Waals surface area contributed by atoms with E-state index in [0.29, 0.717) is 37.2 Å². The normalized spacial score (nSPS) is 22.3. The summed E-state index contributed by atoms with van der Waals surface area (Å²) in [5, 5.41) is 23.3. The molecule has 0 aromatic heterocycles. The largest absolute Gasteiger partial charge is 0.379 e. The summed E-state index contributed by atoms with van der Waals surface area (Å²) in [7, 11) is 1.59. The molecule has 1 fully saturated rings. The Balaban J connectivity index is 2.56. The fourth-order valence-corrected chi connectivity index (χ4v) is 3.97. The van der Waals surface area contributed by atoms with Gasteiger partial charge in [0.1, 0.15) is 18.3 Å². The van der Waals surface area contributed by atoms with E-state index in [1.807, 2.05) is 25.3 Å². The number of nitrogens with two attached hydrogens (primary N) is 1. The van der Waals surface area contributed by atoms with Crippen molar-refractivity contribution in [1.29, 1.82) is 5.41 Å². The van der Waals surface area contributed by atoms with Crippen molar-refractivity contribution >= 4 is 12.4 Å². The highest BCUT2D eigenvalue weighted by Gasteiger charge is 2.38. The zero-order chi connectivity index (χ0) is 25.3. The summed E-state index contributed by atoms with van der Waals surface area (Å²) >= 11 is 0. The number of allylic oxidation sites excluding steroid dienone is 3. The molecule has 0 heterocycles. The molecule has 1 rings (SSSR count). The molecule has 6 atom stereocenters. The SMILES string of the molecule is C=CCC[C@@H](CC=N/C(=C\C)NC(OC)C(C=N)CNC(C)O)OCC[C@H]1C[C@H]1/C(=C\C)CN. The van der Waals surface area contributed by atoms with Crippen molar-refractivity contribution < 1.29 is 14.6 Å². The quantitative estimate of drug-likeness (QED) is 0.104. The van der Waals surface area contributed by atoms with E-state index < -0.39 is 12.5 Å². The molecule has 0 radical (unpaired) electrons. The van der Waals surface area contributed by atoms with E-state index >= 15 is 0 Å². The minimum atomic E-state index is -0.650. The maximum absolute atomic E-state index is 9.46. The zero-order valence-corrected chi connectivity index (χ0v) is 21.5. The van der Waals surface area contributed by atoms with Crippen molar-refractivity contribution in [3.05, 3.63) is 36.2 Å². The lowest BCUT2D eigenvalue weighted by Gasteiger charge is -2.25. The lowest BCUT2D eigenvalue weighted by Crippen LogP contribution is -2.44. The number of rotatable bonds is 20. The van der Waals surface area contributed by atoms with Gasteiger partial charge in [-0.25, -0.2) is 4.99 Å². The van der Waals surface area contributed by atoms with E-state index in [0.717, 1.165) is 25.9 Å². The Hall–Kier alpha value is -1.84. The second-order valence-electron chi connectivity index (χ2n) is 8.75. The van der Waals surface area contributed by atoms with Gasteiger partial charge in [-0.05, 0) is 64.4 Å². The predicted octanol–water partition coefficient (Wildman–Crippen LogP) is 3.35. The van der Waals surface area contributed by atoms with E-state index in [2.05, 4.69) is 35.2 Å². The van der Waals surface area contributed by atoms with Crippen LogP contribution in [0.15, 0.2) is 41.2 Å². The van der Waals surface area contributed by atoms with Crippen LogP contribution in [0.2, 0.25) is 0 Å². The number of hydrogen-bond acceptors (Lipinski definition) is 8. The number of hydrogen-bond donors (Lipinski definition) is 5. The minimum absolute atomic E-state index is 0.0931. The lowest BCUT2D eigenvalue weighted by atomic mass is 10.1. The molecule has 0 bridgehead atoms. The van der Waals surface area contributed by atoms with Gasteiger partial charge in [0, 0.05) is 45.7 Å². The van der Waals surface area contributed by atoms with E-state index in [1.54, 1.807) is 14.0 Å². The molecule has 8 nitrogen and oxygen atoms in total. The van der Waals surface area contributed by atoms with Crippen LogP contribution in [0.25, 0.3) is 0 Å². The summed E-state index contributed by atoms with van der Waals surface area (Å²) in [5.41, 5.74) is 7.20. The highest BCUT2D eigenvalue weighted by molar-refractivity contribution is 5.60. The maximum Gasteiger partial charge on any atom is 0.137 e. The summed E-state index contributed by atoms with van der Waals surface area (Å²) in [6, 6.07) is 0. The Kier molecular flexibility index (Phi) is 15.6. The van der Waals surface area contributed by atoms with E-state index in [9.17, 15) is 5.11 Å². The topological polar surface area (TPSA) is 125 Å². The van der Waals surface area contributed by atoms with Crippen LogP contribution in [0.4, 0.5) is 0 Å². The molecule has 1 saturated carbocycles. The van der Waals surface area contributed by atoms with E-state index in [1.165, 1.54) is 18.2 Å². The highest BCUT2D eigenvalue weighted by Crippen LogP contribution is 2.46. The van der Waals surface area contributed by atoms with E-state index in [-0.39, 0.29) is 12.0 Å². The van der Waals surface area contributed by atoms with Crippen molar-refractivity contribution in [3.63, 3.8) is 0 Å². The molecule has 6 N–H and O–H groups in total. The molecule has 1 aliphatic rings. The fourth-order valence-electron chi connectivity index (χ4n) is 3.97. The molecule has 0 aromatic carbocycles. The van der Waals surface area contributed by atoms with Gasteiger partial charge in [0.05, 0.1) is 12.0 Å². The standard InChI is InChI=1S/C26H47N5O3/c1-6-9-10-23(34-14-12-21-15-24(21)20(7-2)16-27)11-13-29-25(8-3)31-26(33-5)22(17-28)18-30-19(4)32/h6-8,13,17,19,21-24,26,28,30-32H,1,9-12,14-16,18,27H2,2-5H3/b20-7-,25-8+,28-17?,29-13?/t19?,21-,22?,23-,24-,26?/m0/s1. The monoisotopic (exact) mass is 477 g/mol. The molecule has 1 aliphatic carbocycles. The summed E-state index contributed by atoms with van der Waals surface area (Å²) in [4.78, 5) is 4.58. The van der Waals surface area contributed by atoms with Crippen molar-refractivity contribution in [2.75, 3.05) is 26.8 Å². The summed E-state index contributed by atoms with van der Waals surface area (Å²) in [6.07, 6.45) is 12.9. The molecule has 0 spiro atoms. The molecular weight excluding hydrogens is 430 g/mol. The van der Waals surface area contributed by atoms with Crippen LogP contribution in [0.1, 0.15) is 52.9 Å². The second-order valence-corrected chi connectivity index (χ2v) is 8.75. The third-order valence-electron chi connectivity index (χ3n) is 6.21. The number of nitrogens with one attached hydrogen (secondary N) is 3. The highest BCUT2D eigenvalue weighted by atomic mass is 16.5. The average Bonchev–Trinajstić information content (AvgIpc) is 3.60. The van der Waals surface area contributed by atoms with Crippen LogP contribution in [-0.2, 0) is 9.47 Å². The smallest absolute Gasteiger partial charge is 0.137 e. The number of nitrogens with zero attached hydrogens (tertiary/aromatic N) is 1. The molecule has 0 amide bonds. The van der Waals surface area contributed by atoms with Crippen LogP contribution in [0, 0.1) is 23.2 Å². The number of aliphatic imine (C=N–C) groups is 1. The van der Waals surface area contributed by atoms with Crippen LogP contribution >= 0.6 is 0 Å². The van der Waals surface area contributed by atoms with Gasteiger partial charge in [-0.15, -0.1) is 6.58 Å². The van der Waals surface area contributed by atoms with E-state index in [4.69, 9.17) is 20.6 Å². The van der Waals surface area contributed by atoms with Crippen molar-refractivity contribution in [3.8, 4) is 0 Å². The van der Waals surface area contributed by atoms with Crippen LogP contribution in [0.3, 0.4) is 0 Å². The molecule has 8 heteroatoms. The van der Waals surface area contributed by atoms with Gasteiger partial charge in [-0.3, -0.25) is 5.32 Å². The molecule has 0 aliphatic heterocycles. The molecule has 34 heavy (non-hydrogen) atoms. The number of methoxy groups -OCH3 is 1. The predicted molar refractivity (Wildman–Crippen MR) is 141 cm³/mol.